The molecule has 0 aromatic rings. The van der Waals surface area contributed by atoms with Gasteiger partial charge in [0.05, 0.1) is 0 Å². The number of hydrogen-bond donors (Lipinski definition) is 3. The van der Waals surface area contributed by atoms with E-state index in [-0.39, 0.29) is 166 Å². The molecule has 4 nitrogen and oxygen atoms in total. The van der Waals surface area contributed by atoms with Crippen LogP contribution in [0, 0.1) is 0 Å². The van der Waals surface area contributed by atoms with Gasteiger partial charge in [-0.15, -0.1) is 0 Å². The molecule has 0 radical (unpaired) electrons. The van der Waals surface area contributed by atoms with Crippen molar-refractivity contribution < 1.29 is 15.0 Å². The summed E-state index contributed by atoms with van der Waals surface area (Å²) in [5.41, 5.74) is 0. The van der Waals surface area contributed by atoms with Crippen LogP contribution in [0.5, 0.6) is 0 Å². The summed E-state index contributed by atoms with van der Waals surface area (Å²) in [6.45, 7) is 0. The fourth-order valence-electron chi connectivity index (χ4n) is 0. The van der Waals surface area contributed by atoms with Crippen LogP contribution in [-0.4, -0.2) is 166 Å². The van der Waals surface area contributed by atoms with Crippen molar-refractivity contribution in [3.05, 3.63) is 0 Å². The van der Waals surface area contributed by atoms with Crippen molar-refractivity contribution in [2.24, 2.45) is 0 Å². The molecule has 9 heteroatoms. The van der Waals surface area contributed by atoms with Crippen molar-refractivity contribution >= 4 is 166 Å². The van der Waals surface area contributed by atoms with Gasteiger partial charge in [-0.1, -0.05) is 0 Å². The van der Waals surface area contributed by atoms with E-state index in [1.165, 1.54) is 0 Å². The van der Waals surface area contributed by atoms with E-state index < -0.39 is 6.16 Å². The molecule has 0 aliphatic heterocycles. The Morgan fingerprint density at radius 2 is 1.10 bits per heavy atom. The minimum Gasteiger partial charge on any atom is 0.316 e. The van der Waals surface area contributed by atoms with Gasteiger partial charge >= 0.3 is 156 Å². The Morgan fingerprint density at radius 1 is 1.10 bits per heavy atom. The molecule has 1 atom stereocenters. The average molecular weight is 264 g/mol. The molecule has 0 fully saturated rings. The zero-order valence-electron chi connectivity index (χ0n) is 3.22. The Morgan fingerprint density at radius 3 is 1.10 bits per heavy atom. The van der Waals surface area contributed by atoms with Gasteiger partial charge in [-0.2, -0.15) is 9.90 Å². The molecule has 0 bridgehead atoms. The van der Waals surface area contributed by atoms with Crippen LogP contribution in [0.4, 0.5) is 4.79 Å². The van der Waals surface area contributed by atoms with Gasteiger partial charge in [-0.25, -0.2) is 4.79 Å². The van der Waals surface area contributed by atoms with Gasteiger partial charge in [0.15, 0.2) is 0 Å². The third kappa shape index (κ3) is 80.4. The van der Waals surface area contributed by atoms with Crippen LogP contribution < -0.4 is 6.15 Å². The van der Waals surface area contributed by atoms with Crippen molar-refractivity contribution in [3.8, 4) is 0 Å². The van der Waals surface area contributed by atoms with Crippen LogP contribution in [0.3, 0.4) is 0 Å². The largest absolute Gasteiger partial charge is 0.316 e. The van der Waals surface area contributed by atoms with E-state index in [0.717, 1.165) is 0 Å². The van der Waals surface area contributed by atoms with Crippen molar-refractivity contribution in [1.82, 2.24) is 6.15 Å². The molecule has 1 unspecified atom stereocenters. The van der Waals surface area contributed by atoms with Gasteiger partial charge in [-0.05, 0) is 0 Å². The van der Waals surface area contributed by atoms with E-state index in [9.17, 15) is 0 Å². The van der Waals surface area contributed by atoms with Crippen LogP contribution in [0.15, 0.2) is 0 Å². The fraction of sp³-hybridized carbons (Fsp3) is 0. The van der Waals surface area contributed by atoms with Gasteiger partial charge in [0.1, 0.15) is 0 Å². The molecule has 0 aliphatic carbocycles. The van der Waals surface area contributed by atoms with Crippen molar-refractivity contribution in [2.45, 2.75) is 0 Å². The molecule has 0 spiro atoms. The topological polar surface area (TPSA) is 92.5 Å². The first kappa shape index (κ1) is 46.8. The summed E-state index contributed by atoms with van der Waals surface area (Å²) in [5, 5.41) is 13.9. The molecule has 0 amide bonds. The summed E-state index contributed by atoms with van der Waals surface area (Å²) in [6.07, 6.45) is -1.83. The molecule has 0 heterocycles. The maximum atomic E-state index is 8.56. The molecular weight excluding hydrogens is 249 g/mol. The Labute approximate surface area is 182 Å². The maximum Gasteiger partial charge on any atom is 0.316 e. The molecule has 0 saturated carbocycles. The van der Waals surface area contributed by atoms with Crippen molar-refractivity contribution in [1.29, 1.82) is 0 Å². The molecule has 10 heavy (non-hydrogen) atoms. The molecule has 5 N–H and O–H groups in total. The second-order valence-electron chi connectivity index (χ2n) is 0.283. The summed E-state index contributed by atoms with van der Waals surface area (Å²) in [6, 6.07) is 0. The van der Waals surface area contributed by atoms with E-state index in [2.05, 4.69) is 0 Å². The molecule has 0 saturated heterocycles. The van der Waals surface area contributed by atoms with Crippen LogP contribution in [-0.2, 0) is 0 Å². The summed E-state index contributed by atoms with van der Waals surface area (Å²) in [5.74, 6) is 0. The molecule has 0 aromatic heterocycles. The van der Waals surface area contributed by atoms with Crippen LogP contribution in [0.2, 0.25) is 0 Å². The van der Waals surface area contributed by atoms with Gasteiger partial charge in [0, 0.05) is 0 Å². The number of hydrogen-bond acceptors (Lipinski definition) is 2. The Bertz CT molecular complexity index is 49.5. The Kier molecular flexibility index (Phi) is 175. The van der Waals surface area contributed by atoms with E-state index in [1.807, 2.05) is 0 Å². The van der Waals surface area contributed by atoms with Gasteiger partial charge in [0.25, 0.3) is 0 Å². The molecule has 0 rings (SSSR count). The summed E-state index contributed by atoms with van der Waals surface area (Å²) >= 11 is 0. The SMILES string of the molecule is N.O=C(O)O.P.[CaH2].[CaH2].[KH].[MgH2]. The minimum atomic E-state index is -1.83. The van der Waals surface area contributed by atoms with Crippen LogP contribution in [0.1, 0.15) is 0 Å². The first-order valence-corrected chi connectivity index (χ1v) is 0.651. The zero-order chi connectivity index (χ0) is 3.58. The number of carbonyl (C=O) groups is 1. The van der Waals surface area contributed by atoms with Gasteiger partial charge in [0.2, 0.25) is 0 Å². The average Bonchev–Trinajstić information content (AvgIpc) is 0.811. The Balaban J connectivity index is -0.00000000300. The van der Waals surface area contributed by atoms with E-state index >= 15 is 0 Å². The van der Waals surface area contributed by atoms with Gasteiger partial charge < -0.3 is 16.4 Å². The maximum absolute atomic E-state index is 8.56. The summed E-state index contributed by atoms with van der Waals surface area (Å²) in [4.78, 5) is 8.56. The predicted octanol–water partition coefficient (Wildman–Crippen LogP) is -2.95. The normalized spacial score (nSPS) is 2.40. The molecule has 0 aliphatic rings. The number of rotatable bonds is 0. The molecule has 0 aromatic carbocycles. The number of carboxylic acid groups (broad SMARTS) is 2. The van der Waals surface area contributed by atoms with Crippen LogP contribution >= 0.6 is 9.90 Å². The zero-order valence-corrected chi connectivity index (χ0v) is 4.63. The third-order valence-corrected chi connectivity index (χ3v) is 0. The monoisotopic (exact) mass is 263 g/mol. The van der Waals surface area contributed by atoms with Crippen molar-refractivity contribution in [3.63, 3.8) is 0 Å². The minimum absolute atomic E-state index is 0. The second kappa shape index (κ2) is 37.4. The fourth-order valence-corrected chi connectivity index (χ4v) is 0. The standard InChI is InChI=1S/CH2O3.2Ca.K.Mg.H3N.H3P.7H/c2-1(3)4;;;;;;;;;;;;;/h(H2,2,3,4);;;;;2*1H3;;;;;;;. The molecular formula is CH15Ca2KMgNO3P. The van der Waals surface area contributed by atoms with Crippen molar-refractivity contribution in [2.75, 3.05) is 0 Å². The predicted molar refractivity (Wildman–Crippen MR) is 59.6 cm³/mol. The molecule has 54 valence electrons. The summed E-state index contributed by atoms with van der Waals surface area (Å²) < 4.78 is 0. The first-order valence-electron chi connectivity index (χ1n) is 0.651. The first-order chi connectivity index (χ1) is 1.73. The van der Waals surface area contributed by atoms with Crippen LogP contribution in [0.25, 0.3) is 0 Å². The quantitative estimate of drug-likeness (QED) is 0.322. The Hall–Kier alpha value is 4.58. The van der Waals surface area contributed by atoms with E-state index in [0.29, 0.717) is 0 Å². The van der Waals surface area contributed by atoms with Gasteiger partial charge in [-0.3, -0.25) is 0 Å². The van der Waals surface area contributed by atoms with E-state index in [4.69, 9.17) is 15.0 Å². The third-order valence-electron chi connectivity index (χ3n) is 0. The van der Waals surface area contributed by atoms with E-state index in [1.54, 1.807) is 0 Å². The smallest absolute Gasteiger partial charge is 0.316 e. The second-order valence-corrected chi connectivity index (χ2v) is 0.283. The summed E-state index contributed by atoms with van der Waals surface area (Å²) in [7, 11) is 0.